The van der Waals surface area contributed by atoms with Crippen molar-refractivity contribution in [2.24, 2.45) is 0 Å². The van der Waals surface area contributed by atoms with Crippen LogP contribution >= 0.6 is 0 Å². The Hall–Kier alpha value is -3.58. The number of anilines is 4. The van der Waals surface area contributed by atoms with E-state index in [0.717, 1.165) is 48.5 Å². The molecule has 174 valence electrons. The van der Waals surface area contributed by atoms with E-state index < -0.39 is 46.9 Å². The van der Waals surface area contributed by atoms with Crippen LogP contribution in [0.5, 0.6) is 0 Å². The van der Waals surface area contributed by atoms with Crippen LogP contribution in [0.4, 0.5) is 57.9 Å². The normalized spacial score (nSPS) is 12.9. The molecule has 0 atom stereocenters. The van der Waals surface area contributed by atoms with Gasteiger partial charge in [-0.2, -0.15) is 35.1 Å². The molecule has 0 aliphatic carbocycles. The maximum Gasteiger partial charge on any atom is 0.393 e. The Morgan fingerprint density at radius 3 is 1.06 bits per heavy atom. The van der Waals surface area contributed by atoms with E-state index in [2.05, 4.69) is 0 Å². The first-order valence-electron chi connectivity index (χ1n) is 8.39. The number of amides is 2. The molecule has 2 aromatic rings. The lowest BCUT2D eigenvalue weighted by molar-refractivity contribution is -0.345. The standard InChI is InChI=1S/C18H14F8N4O2/c19-15(20,13(31)29-11-5-1-9(27)2-6-11)17(23,24)18(25,26)16(21,22)14(32)30-12-7-3-10(28)4-8-12/h1-8H,27-28H2,(H,29,31)(H,30,32). The van der Waals surface area contributed by atoms with Gasteiger partial charge in [-0.1, -0.05) is 0 Å². The second-order valence-electron chi connectivity index (χ2n) is 6.45. The quantitative estimate of drug-likeness (QED) is 0.363. The number of carbonyl (C=O) groups excluding carboxylic acids is 2. The van der Waals surface area contributed by atoms with Crippen molar-refractivity contribution in [1.29, 1.82) is 0 Å². The smallest absolute Gasteiger partial charge is 0.393 e. The molecular weight excluding hydrogens is 456 g/mol. The second kappa shape index (κ2) is 8.16. The lowest BCUT2D eigenvalue weighted by Gasteiger charge is -2.35. The molecule has 6 nitrogen and oxygen atoms in total. The van der Waals surface area contributed by atoms with Crippen molar-refractivity contribution >= 4 is 34.6 Å². The largest absolute Gasteiger partial charge is 0.399 e. The molecule has 0 saturated heterocycles. The van der Waals surface area contributed by atoms with Gasteiger partial charge in [-0.05, 0) is 48.5 Å². The Morgan fingerprint density at radius 1 is 0.562 bits per heavy atom. The van der Waals surface area contributed by atoms with Gasteiger partial charge in [0.1, 0.15) is 0 Å². The van der Waals surface area contributed by atoms with Crippen LogP contribution in [0, 0.1) is 0 Å². The first kappa shape index (κ1) is 24.7. The molecule has 2 aromatic carbocycles. The van der Waals surface area contributed by atoms with Crippen LogP contribution in [0.2, 0.25) is 0 Å². The zero-order chi connectivity index (χ0) is 24.5. The Balaban J connectivity index is 2.30. The molecule has 0 aliphatic heterocycles. The minimum Gasteiger partial charge on any atom is -0.399 e. The molecule has 0 heterocycles. The number of hydrogen-bond donors (Lipinski definition) is 4. The molecule has 0 fully saturated rings. The van der Waals surface area contributed by atoms with Crippen molar-refractivity contribution in [3.63, 3.8) is 0 Å². The van der Waals surface area contributed by atoms with Crippen LogP contribution in [0.1, 0.15) is 0 Å². The number of halogens is 8. The average Bonchev–Trinajstić information content (AvgIpc) is 2.70. The lowest BCUT2D eigenvalue weighted by atomic mass is 9.97. The summed E-state index contributed by atoms with van der Waals surface area (Å²) in [6, 6.07) is 7.68. The maximum atomic E-state index is 14.0. The molecule has 0 bridgehead atoms. The summed E-state index contributed by atoms with van der Waals surface area (Å²) in [5, 5.41) is 2.40. The topological polar surface area (TPSA) is 110 Å². The zero-order valence-corrected chi connectivity index (χ0v) is 15.6. The molecule has 2 rings (SSSR count). The molecule has 0 aliphatic rings. The zero-order valence-electron chi connectivity index (χ0n) is 15.6. The number of benzene rings is 2. The van der Waals surface area contributed by atoms with Gasteiger partial charge in [0.2, 0.25) is 0 Å². The van der Waals surface area contributed by atoms with Gasteiger partial charge >= 0.3 is 35.5 Å². The van der Waals surface area contributed by atoms with Gasteiger partial charge in [0.05, 0.1) is 0 Å². The third kappa shape index (κ3) is 4.24. The highest BCUT2D eigenvalue weighted by molar-refractivity contribution is 5.99. The summed E-state index contributed by atoms with van der Waals surface area (Å²) in [5.74, 6) is -32.7. The van der Waals surface area contributed by atoms with E-state index in [0.29, 0.717) is 0 Å². The summed E-state index contributed by atoms with van der Waals surface area (Å²) >= 11 is 0. The molecular formula is C18H14F8N4O2. The van der Waals surface area contributed by atoms with Crippen molar-refractivity contribution in [1.82, 2.24) is 0 Å². The van der Waals surface area contributed by atoms with Crippen LogP contribution in [0.3, 0.4) is 0 Å². The van der Waals surface area contributed by atoms with Crippen molar-refractivity contribution in [3.05, 3.63) is 48.5 Å². The van der Waals surface area contributed by atoms with Gasteiger partial charge in [-0.3, -0.25) is 9.59 Å². The second-order valence-corrected chi connectivity index (χ2v) is 6.45. The number of rotatable bonds is 7. The van der Waals surface area contributed by atoms with Crippen molar-refractivity contribution < 1.29 is 44.7 Å². The van der Waals surface area contributed by atoms with Crippen LogP contribution in [0.15, 0.2) is 48.5 Å². The van der Waals surface area contributed by atoms with Gasteiger partial charge in [0, 0.05) is 22.7 Å². The van der Waals surface area contributed by atoms with E-state index >= 15 is 0 Å². The molecule has 0 spiro atoms. The van der Waals surface area contributed by atoms with E-state index in [1.807, 2.05) is 0 Å². The van der Waals surface area contributed by atoms with Gasteiger partial charge in [-0.15, -0.1) is 0 Å². The van der Waals surface area contributed by atoms with Gasteiger partial charge < -0.3 is 22.1 Å². The molecule has 0 radical (unpaired) electrons. The van der Waals surface area contributed by atoms with Crippen molar-refractivity contribution in [2.45, 2.75) is 23.7 Å². The Kier molecular flexibility index (Phi) is 6.30. The van der Waals surface area contributed by atoms with Crippen molar-refractivity contribution in [2.75, 3.05) is 22.1 Å². The highest BCUT2D eigenvalue weighted by Crippen LogP contribution is 2.53. The molecule has 2 amide bonds. The summed E-state index contributed by atoms with van der Waals surface area (Å²) < 4.78 is 112. The predicted molar refractivity (Wildman–Crippen MR) is 98.8 cm³/mol. The first-order chi connectivity index (χ1) is 14.5. The lowest BCUT2D eigenvalue weighted by Crippen LogP contribution is -2.67. The summed E-state index contributed by atoms with van der Waals surface area (Å²) in [4.78, 5) is 23.1. The number of carbonyl (C=O) groups is 2. The third-order valence-corrected chi connectivity index (χ3v) is 4.09. The third-order valence-electron chi connectivity index (χ3n) is 4.09. The fourth-order valence-corrected chi connectivity index (χ4v) is 2.23. The molecule has 32 heavy (non-hydrogen) atoms. The summed E-state index contributed by atoms with van der Waals surface area (Å²) in [5.41, 5.74) is 9.65. The number of nitrogen functional groups attached to an aromatic ring is 2. The molecule has 0 unspecified atom stereocenters. The number of nitrogens with two attached hydrogens (primary N) is 2. The van der Waals surface area contributed by atoms with E-state index in [9.17, 15) is 44.7 Å². The van der Waals surface area contributed by atoms with Crippen LogP contribution in [0.25, 0.3) is 0 Å². The van der Waals surface area contributed by atoms with E-state index in [4.69, 9.17) is 11.5 Å². The predicted octanol–water partition coefficient (Wildman–Crippen LogP) is 3.97. The molecule has 0 saturated carbocycles. The minimum absolute atomic E-state index is 0.0818. The fraction of sp³-hybridized carbons (Fsp3) is 0.222. The summed E-state index contributed by atoms with van der Waals surface area (Å²) in [7, 11) is 0. The highest BCUT2D eigenvalue weighted by atomic mass is 19.4. The number of hydrogen-bond acceptors (Lipinski definition) is 4. The summed E-state index contributed by atoms with van der Waals surface area (Å²) in [6.07, 6.45) is 0. The van der Waals surface area contributed by atoms with Crippen LogP contribution in [-0.4, -0.2) is 35.5 Å². The number of nitrogens with one attached hydrogen (secondary N) is 2. The molecule has 6 N–H and O–H groups in total. The van der Waals surface area contributed by atoms with Gasteiger partial charge in [-0.25, -0.2) is 0 Å². The number of alkyl halides is 8. The minimum atomic E-state index is -6.99. The first-order valence-corrected chi connectivity index (χ1v) is 8.39. The highest BCUT2D eigenvalue weighted by Gasteiger charge is 2.84. The summed E-state index contributed by atoms with van der Waals surface area (Å²) in [6.45, 7) is 0. The Morgan fingerprint density at radius 2 is 0.812 bits per heavy atom. The monoisotopic (exact) mass is 470 g/mol. The maximum absolute atomic E-state index is 14.0. The van der Waals surface area contributed by atoms with E-state index in [1.54, 1.807) is 0 Å². The fourth-order valence-electron chi connectivity index (χ4n) is 2.23. The Bertz CT molecular complexity index is 914. The SMILES string of the molecule is Nc1ccc(NC(=O)C(F)(F)C(F)(F)C(F)(F)C(F)(F)C(=O)Nc2ccc(N)cc2)cc1. The van der Waals surface area contributed by atoms with Gasteiger partial charge in [0.25, 0.3) is 0 Å². The van der Waals surface area contributed by atoms with E-state index in [1.165, 1.54) is 10.6 Å². The van der Waals surface area contributed by atoms with E-state index in [-0.39, 0.29) is 11.4 Å². The molecule has 14 heteroatoms. The van der Waals surface area contributed by atoms with Gasteiger partial charge in [0.15, 0.2) is 0 Å². The Labute approximate surface area is 174 Å². The van der Waals surface area contributed by atoms with Crippen LogP contribution < -0.4 is 22.1 Å². The van der Waals surface area contributed by atoms with Crippen LogP contribution in [-0.2, 0) is 9.59 Å². The molecule has 0 aromatic heterocycles. The van der Waals surface area contributed by atoms with Crippen molar-refractivity contribution in [3.8, 4) is 0 Å². The average molecular weight is 470 g/mol.